The number of esters is 1. The SMILES string of the molecule is O=C(COC(=O)Cc1coc2ccc3ccccc3c12)Nc1cc([N+](=O)[O-])ccc1Cl. The predicted octanol–water partition coefficient (Wildman–Crippen LogP) is 4.87. The summed E-state index contributed by atoms with van der Waals surface area (Å²) in [6.45, 7) is -0.561. The van der Waals surface area contributed by atoms with E-state index in [0.29, 0.717) is 11.1 Å². The maximum Gasteiger partial charge on any atom is 0.310 e. The zero-order chi connectivity index (χ0) is 22.0. The van der Waals surface area contributed by atoms with Gasteiger partial charge in [0.1, 0.15) is 5.58 Å². The molecule has 0 spiro atoms. The van der Waals surface area contributed by atoms with Crippen molar-refractivity contribution in [2.75, 3.05) is 11.9 Å². The molecule has 0 unspecified atom stereocenters. The lowest BCUT2D eigenvalue weighted by atomic mass is 10.0. The highest BCUT2D eigenvalue weighted by Gasteiger charge is 2.16. The average molecular weight is 439 g/mol. The summed E-state index contributed by atoms with van der Waals surface area (Å²) in [6.07, 6.45) is 1.42. The summed E-state index contributed by atoms with van der Waals surface area (Å²) in [5.74, 6) is -1.28. The van der Waals surface area contributed by atoms with Gasteiger partial charge in [-0.1, -0.05) is 41.9 Å². The molecule has 0 fully saturated rings. The number of non-ortho nitro benzene ring substituents is 1. The van der Waals surface area contributed by atoms with E-state index in [-0.39, 0.29) is 22.8 Å². The summed E-state index contributed by atoms with van der Waals surface area (Å²) < 4.78 is 10.6. The third kappa shape index (κ3) is 4.34. The molecule has 0 atom stereocenters. The molecule has 0 aliphatic heterocycles. The highest BCUT2D eigenvalue weighted by Crippen LogP contribution is 2.30. The zero-order valence-corrected chi connectivity index (χ0v) is 16.7. The molecular weight excluding hydrogens is 424 g/mol. The second-order valence-electron chi connectivity index (χ2n) is 6.73. The lowest BCUT2D eigenvalue weighted by Crippen LogP contribution is -2.21. The Hall–Kier alpha value is -3.91. The molecule has 0 radical (unpaired) electrons. The van der Waals surface area contributed by atoms with Gasteiger partial charge in [0, 0.05) is 23.1 Å². The summed E-state index contributed by atoms with van der Waals surface area (Å²) >= 11 is 5.95. The smallest absolute Gasteiger partial charge is 0.310 e. The Kier molecular flexibility index (Phi) is 5.55. The van der Waals surface area contributed by atoms with Crippen molar-refractivity contribution >= 4 is 56.6 Å². The van der Waals surface area contributed by atoms with Crippen LogP contribution < -0.4 is 5.32 Å². The number of anilines is 1. The van der Waals surface area contributed by atoms with E-state index in [1.54, 1.807) is 0 Å². The average Bonchev–Trinajstić information content (AvgIpc) is 3.17. The van der Waals surface area contributed by atoms with Gasteiger partial charge in [0.2, 0.25) is 0 Å². The second kappa shape index (κ2) is 8.45. The van der Waals surface area contributed by atoms with Gasteiger partial charge in [-0.2, -0.15) is 0 Å². The van der Waals surface area contributed by atoms with Gasteiger partial charge in [0.25, 0.3) is 11.6 Å². The molecule has 8 nitrogen and oxygen atoms in total. The van der Waals surface area contributed by atoms with E-state index in [2.05, 4.69) is 5.32 Å². The zero-order valence-electron chi connectivity index (χ0n) is 16.0. The summed E-state index contributed by atoms with van der Waals surface area (Å²) in [7, 11) is 0. The van der Waals surface area contributed by atoms with Gasteiger partial charge in [-0.3, -0.25) is 19.7 Å². The second-order valence-corrected chi connectivity index (χ2v) is 7.13. The van der Waals surface area contributed by atoms with Crippen LogP contribution in [0.25, 0.3) is 21.7 Å². The first-order chi connectivity index (χ1) is 14.9. The van der Waals surface area contributed by atoms with Crippen molar-refractivity contribution in [3.63, 3.8) is 0 Å². The number of ether oxygens (including phenoxy) is 1. The Morgan fingerprint density at radius 2 is 1.94 bits per heavy atom. The fraction of sp³-hybridized carbons (Fsp3) is 0.0909. The summed E-state index contributed by atoms with van der Waals surface area (Å²) in [5.41, 5.74) is 1.14. The number of nitro groups is 1. The number of hydrogen-bond donors (Lipinski definition) is 1. The van der Waals surface area contributed by atoms with E-state index in [1.807, 2.05) is 36.4 Å². The molecule has 0 saturated carbocycles. The number of rotatable bonds is 6. The number of amides is 1. The van der Waals surface area contributed by atoms with E-state index in [0.717, 1.165) is 22.2 Å². The van der Waals surface area contributed by atoms with Crippen molar-refractivity contribution in [2.24, 2.45) is 0 Å². The molecule has 4 rings (SSSR count). The molecule has 0 aliphatic carbocycles. The molecule has 0 bridgehead atoms. The van der Waals surface area contributed by atoms with Crippen LogP contribution in [0.5, 0.6) is 0 Å². The maximum absolute atomic E-state index is 12.3. The molecule has 31 heavy (non-hydrogen) atoms. The van der Waals surface area contributed by atoms with Crippen LogP contribution in [0.15, 0.2) is 65.3 Å². The molecule has 9 heteroatoms. The number of nitrogens with one attached hydrogen (secondary N) is 1. The third-order valence-corrected chi connectivity index (χ3v) is 5.00. The lowest BCUT2D eigenvalue weighted by Gasteiger charge is -2.08. The van der Waals surface area contributed by atoms with Crippen molar-refractivity contribution in [2.45, 2.75) is 6.42 Å². The van der Waals surface area contributed by atoms with E-state index < -0.39 is 23.4 Å². The van der Waals surface area contributed by atoms with Crippen LogP contribution in [0, 0.1) is 10.1 Å². The first-order valence-corrected chi connectivity index (χ1v) is 9.57. The van der Waals surface area contributed by atoms with E-state index >= 15 is 0 Å². The van der Waals surface area contributed by atoms with Crippen molar-refractivity contribution < 1.29 is 23.7 Å². The van der Waals surface area contributed by atoms with Crippen molar-refractivity contribution in [1.29, 1.82) is 0 Å². The van der Waals surface area contributed by atoms with Gasteiger partial charge >= 0.3 is 5.97 Å². The van der Waals surface area contributed by atoms with Crippen molar-refractivity contribution in [3.05, 3.63) is 81.6 Å². The summed E-state index contributed by atoms with van der Waals surface area (Å²) in [4.78, 5) is 34.7. The predicted molar refractivity (Wildman–Crippen MR) is 115 cm³/mol. The maximum atomic E-state index is 12.3. The number of carbonyl (C=O) groups is 2. The van der Waals surface area contributed by atoms with Crippen LogP contribution in [-0.2, 0) is 20.7 Å². The summed E-state index contributed by atoms with van der Waals surface area (Å²) in [5, 5.41) is 16.2. The molecule has 1 N–H and O–H groups in total. The molecular formula is C22H15ClN2O6. The Bertz CT molecular complexity index is 1330. The van der Waals surface area contributed by atoms with Crippen molar-refractivity contribution in [3.8, 4) is 0 Å². The number of hydrogen-bond acceptors (Lipinski definition) is 6. The highest BCUT2D eigenvalue weighted by molar-refractivity contribution is 6.33. The molecule has 0 aliphatic rings. The first-order valence-electron chi connectivity index (χ1n) is 9.19. The van der Waals surface area contributed by atoms with Gasteiger partial charge in [0.05, 0.1) is 28.3 Å². The first kappa shape index (κ1) is 20.4. The molecule has 1 amide bonds. The van der Waals surface area contributed by atoms with Crippen LogP contribution >= 0.6 is 11.6 Å². The Morgan fingerprint density at radius 3 is 2.74 bits per heavy atom. The van der Waals surface area contributed by atoms with E-state index in [4.69, 9.17) is 20.8 Å². The van der Waals surface area contributed by atoms with Gasteiger partial charge in [0.15, 0.2) is 6.61 Å². The van der Waals surface area contributed by atoms with Gasteiger partial charge in [-0.05, 0) is 22.9 Å². The minimum absolute atomic E-state index is 0.0595. The summed E-state index contributed by atoms with van der Waals surface area (Å²) in [6, 6.07) is 15.2. The van der Waals surface area contributed by atoms with Crippen LogP contribution in [-0.4, -0.2) is 23.4 Å². The largest absolute Gasteiger partial charge is 0.464 e. The number of halogens is 1. The number of benzene rings is 3. The van der Waals surface area contributed by atoms with Crippen LogP contribution in [0.4, 0.5) is 11.4 Å². The fourth-order valence-corrected chi connectivity index (χ4v) is 3.43. The fourth-order valence-electron chi connectivity index (χ4n) is 3.27. The van der Waals surface area contributed by atoms with Crippen LogP contribution in [0.1, 0.15) is 5.56 Å². The highest BCUT2D eigenvalue weighted by atomic mass is 35.5. The minimum Gasteiger partial charge on any atom is -0.464 e. The molecule has 0 saturated heterocycles. The van der Waals surface area contributed by atoms with Gasteiger partial charge in [-0.25, -0.2) is 0 Å². The van der Waals surface area contributed by atoms with Gasteiger partial charge in [-0.15, -0.1) is 0 Å². The van der Waals surface area contributed by atoms with Crippen LogP contribution in [0.2, 0.25) is 5.02 Å². The standard InChI is InChI=1S/C22H15ClN2O6/c23-17-7-6-15(25(28)29)10-18(17)24-20(26)12-31-21(27)9-14-11-30-19-8-5-13-3-1-2-4-16(13)22(14)19/h1-8,10-11H,9,12H2,(H,24,26). The number of furan rings is 1. The number of nitro benzene ring substituents is 1. The molecule has 4 aromatic rings. The Labute approximate surface area is 180 Å². The number of carbonyl (C=O) groups excluding carboxylic acids is 2. The van der Waals surface area contributed by atoms with Gasteiger partial charge < -0.3 is 14.5 Å². The number of fused-ring (bicyclic) bond motifs is 3. The van der Waals surface area contributed by atoms with Crippen LogP contribution in [0.3, 0.4) is 0 Å². The quantitative estimate of drug-likeness (QED) is 0.261. The molecule has 3 aromatic carbocycles. The molecule has 1 aromatic heterocycles. The lowest BCUT2D eigenvalue weighted by molar-refractivity contribution is -0.384. The van der Waals surface area contributed by atoms with E-state index in [1.165, 1.54) is 18.4 Å². The monoisotopic (exact) mass is 438 g/mol. The molecule has 156 valence electrons. The topological polar surface area (TPSA) is 112 Å². The Morgan fingerprint density at radius 1 is 1.13 bits per heavy atom. The minimum atomic E-state index is -0.668. The third-order valence-electron chi connectivity index (χ3n) is 4.67. The number of nitrogens with zero attached hydrogens (tertiary/aromatic N) is 1. The van der Waals surface area contributed by atoms with E-state index in [9.17, 15) is 19.7 Å². The molecule has 1 heterocycles. The Balaban J connectivity index is 1.42. The van der Waals surface area contributed by atoms with Crippen molar-refractivity contribution in [1.82, 2.24) is 0 Å². The normalized spacial score (nSPS) is 10.9.